The van der Waals surface area contributed by atoms with Gasteiger partial charge in [0.2, 0.25) is 0 Å². The molecule has 0 bridgehead atoms. The number of rotatable bonds is 3. The summed E-state index contributed by atoms with van der Waals surface area (Å²) in [6.45, 7) is 9.24. The first-order chi connectivity index (χ1) is 8.37. The number of benzene rings is 1. The van der Waals surface area contributed by atoms with Gasteiger partial charge in [0.25, 0.3) is 0 Å². The molecule has 0 radical (unpaired) electrons. The van der Waals surface area contributed by atoms with E-state index in [1.54, 1.807) is 7.11 Å². The van der Waals surface area contributed by atoms with Gasteiger partial charge in [0.15, 0.2) is 6.79 Å². The molecule has 0 N–H and O–H groups in total. The summed E-state index contributed by atoms with van der Waals surface area (Å²) < 4.78 is 10.5. The normalized spacial score (nSPS) is 19.4. The smallest absolute Gasteiger partial charge is 0.188 e. The summed E-state index contributed by atoms with van der Waals surface area (Å²) in [5, 5.41) is 0. The van der Waals surface area contributed by atoms with E-state index in [1.807, 2.05) is 6.07 Å². The number of fused-ring (bicyclic) bond motifs is 1. The van der Waals surface area contributed by atoms with Crippen molar-refractivity contribution in [3.8, 4) is 5.75 Å². The SMILES string of the molecule is COCOc1ccc2c(c1)C(C)(C)C=CC2(C)C. The minimum atomic E-state index is 0.0529. The quantitative estimate of drug-likeness (QED) is 0.596. The van der Waals surface area contributed by atoms with E-state index in [1.165, 1.54) is 11.1 Å². The zero-order chi connectivity index (χ0) is 13.4. The van der Waals surface area contributed by atoms with Crippen molar-refractivity contribution in [2.24, 2.45) is 0 Å². The number of hydrogen-bond acceptors (Lipinski definition) is 2. The van der Waals surface area contributed by atoms with E-state index >= 15 is 0 Å². The zero-order valence-electron chi connectivity index (χ0n) is 11.9. The van der Waals surface area contributed by atoms with Crippen LogP contribution in [0.4, 0.5) is 0 Å². The number of hydrogen-bond donors (Lipinski definition) is 0. The van der Waals surface area contributed by atoms with Gasteiger partial charge in [-0.05, 0) is 23.3 Å². The van der Waals surface area contributed by atoms with E-state index in [4.69, 9.17) is 9.47 Å². The van der Waals surface area contributed by atoms with Crippen LogP contribution in [0.2, 0.25) is 0 Å². The van der Waals surface area contributed by atoms with Crippen molar-refractivity contribution in [2.75, 3.05) is 13.9 Å². The topological polar surface area (TPSA) is 18.5 Å². The predicted octanol–water partition coefficient (Wildman–Crippen LogP) is 3.79. The lowest BCUT2D eigenvalue weighted by atomic mass is 9.68. The molecule has 1 aliphatic carbocycles. The van der Waals surface area contributed by atoms with Gasteiger partial charge in [0.1, 0.15) is 5.75 Å². The Hall–Kier alpha value is -1.28. The Morgan fingerprint density at radius 1 is 0.944 bits per heavy atom. The van der Waals surface area contributed by atoms with Gasteiger partial charge in [0.05, 0.1) is 0 Å². The molecular formula is C16H22O2. The Morgan fingerprint density at radius 3 is 2.17 bits per heavy atom. The first-order valence-corrected chi connectivity index (χ1v) is 6.34. The van der Waals surface area contributed by atoms with Crippen LogP contribution < -0.4 is 4.74 Å². The van der Waals surface area contributed by atoms with Crippen LogP contribution in [0.3, 0.4) is 0 Å². The van der Waals surface area contributed by atoms with E-state index in [2.05, 4.69) is 52.0 Å². The van der Waals surface area contributed by atoms with Crippen LogP contribution in [0, 0.1) is 0 Å². The van der Waals surface area contributed by atoms with Gasteiger partial charge in [-0.25, -0.2) is 0 Å². The number of ether oxygens (including phenoxy) is 2. The highest BCUT2D eigenvalue weighted by molar-refractivity contribution is 5.50. The fraction of sp³-hybridized carbons (Fsp3) is 0.500. The van der Waals surface area contributed by atoms with E-state index < -0.39 is 0 Å². The molecule has 0 spiro atoms. The van der Waals surface area contributed by atoms with Crippen LogP contribution >= 0.6 is 0 Å². The van der Waals surface area contributed by atoms with E-state index in [0.717, 1.165) is 5.75 Å². The molecule has 0 saturated carbocycles. The molecule has 2 heteroatoms. The Labute approximate surface area is 110 Å². The fourth-order valence-corrected chi connectivity index (χ4v) is 2.43. The minimum absolute atomic E-state index is 0.0529. The monoisotopic (exact) mass is 246 g/mol. The second-order valence-electron chi connectivity index (χ2n) is 6.03. The Morgan fingerprint density at radius 2 is 1.56 bits per heavy atom. The van der Waals surface area contributed by atoms with Crippen LogP contribution in [0.15, 0.2) is 30.4 Å². The highest BCUT2D eigenvalue weighted by atomic mass is 16.7. The van der Waals surface area contributed by atoms with Gasteiger partial charge >= 0.3 is 0 Å². The van der Waals surface area contributed by atoms with Crippen molar-refractivity contribution in [1.29, 1.82) is 0 Å². The fourth-order valence-electron chi connectivity index (χ4n) is 2.43. The Bertz CT molecular complexity index is 470. The third-order valence-corrected chi connectivity index (χ3v) is 3.64. The van der Waals surface area contributed by atoms with Gasteiger partial charge < -0.3 is 9.47 Å². The Kier molecular flexibility index (Phi) is 3.24. The largest absolute Gasteiger partial charge is 0.468 e. The van der Waals surface area contributed by atoms with Gasteiger partial charge in [-0.1, -0.05) is 45.9 Å². The summed E-state index contributed by atoms with van der Waals surface area (Å²) in [4.78, 5) is 0. The predicted molar refractivity (Wildman–Crippen MR) is 74.1 cm³/mol. The molecule has 0 unspecified atom stereocenters. The van der Waals surface area contributed by atoms with Crippen molar-refractivity contribution in [1.82, 2.24) is 0 Å². The standard InChI is InChI=1S/C16H22O2/c1-15(2)8-9-16(3,4)14-10-12(18-11-17-5)6-7-13(14)15/h6-10H,11H2,1-5H3. The van der Waals surface area contributed by atoms with Crippen molar-refractivity contribution >= 4 is 0 Å². The second kappa shape index (κ2) is 4.43. The molecular weight excluding hydrogens is 224 g/mol. The molecule has 18 heavy (non-hydrogen) atoms. The van der Waals surface area contributed by atoms with Crippen molar-refractivity contribution in [3.63, 3.8) is 0 Å². The van der Waals surface area contributed by atoms with Gasteiger partial charge in [-0.3, -0.25) is 0 Å². The molecule has 98 valence electrons. The molecule has 0 fully saturated rings. The maximum atomic E-state index is 5.54. The summed E-state index contributed by atoms with van der Waals surface area (Å²) in [6.07, 6.45) is 4.58. The van der Waals surface area contributed by atoms with Crippen LogP contribution in [-0.2, 0) is 15.6 Å². The molecule has 0 atom stereocenters. The Balaban J connectivity index is 2.45. The summed E-state index contributed by atoms with van der Waals surface area (Å²) in [5.41, 5.74) is 2.85. The maximum absolute atomic E-state index is 5.54. The first-order valence-electron chi connectivity index (χ1n) is 6.34. The lowest BCUT2D eigenvalue weighted by molar-refractivity contribution is 0.0510. The van der Waals surface area contributed by atoms with Gasteiger partial charge in [0, 0.05) is 17.9 Å². The number of allylic oxidation sites excluding steroid dienone is 2. The zero-order valence-corrected chi connectivity index (χ0v) is 11.9. The summed E-state index contributed by atoms with van der Waals surface area (Å²) >= 11 is 0. The minimum Gasteiger partial charge on any atom is -0.468 e. The van der Waals surface area contributed by atoms with Crippen molar-refractivity contribution in [3.05, 3.63) is 41.5 Å². The van der Waals surface area contributed by atoms with E-state index in [0.29, 0.717) is 6.79 Å². The van der Waals surface area contributed by atoms with Crippen molar-refractivity contribution < 1.29 is 9.47 Å². The molecule has 0 heterocycles. The second-order valence-corrected chi connectivity index (χ2v) is 6.03. The highest BCUT2D eigenvalue weighted by Gasteiger charge is 2.32. The average molecular weight is 246 g/mol. The van der Waals surface area contributed by atoms with Crippen LogP contribution in [0.1, 0.15) is 38.8 Å². The molecule has 2 nitrogen and oxygen atoms in total. The lowest BCUT2D eigenvalue weighted by Crippen LogP contribution is -2.28. The maximum Gasteiger partial charge on any atom is 0.188 e. The van der Waals surface area contributed by atoms with E-state index in [9.17, 15) is 0 Å². The molecule has 2 rings (SSSR count). The van der Waals surface area contributed by atoms with Gasteiger partial charge in [-0.2, -0.15) is 0 Å². The summed E-state index contributed by atoms with van der Waals surface area (Å²) in [5.74, 6) is 0.870. The molecule has 0 amide bonds. The van der Waals surface area contributed by atoms with Crippen LogP contribution in [-0.4, -0.2) is 13.9 Å². The summed E-state index contributed by atoms with van der Waals surface area (Å²) in [6, 6.07) is 6.33. The average Bonchev–Trinajstić information content (AvgIpc) is 2.32. The molecule has 0 aromatic heterocycles. The van der Waals surface area contributed by atoms with Crippen LogP contribution in [0.25, 0.3) is 0 Å². The third kappa shape index (κ3) is 2.30. The molecule has 1 aliphatic rings. The van der Waals surface area contributed by atoms with Gasteiger partial charge in [-0.15, -0.1) is 0 Å². The third-order valence-electron chi connectivity index (χ3n) is 3.64. The van der Waals surface area contributed by atoms with Crippen LogP contribution in [0.5, 0.6) is 5.75 Å². The number of methoxy groups -OCH3 is 1. The van der Waals surface area contributed by atoms with Crippen molar-refractivity contribution in [2.45, 2.75) is 38.5 Å². The van der Waals surface area contributed by atoms with E-state index in [-0.39, 0.29) is 10.8 Å². The molecule has 0 aliphatic heterocycles. The highest BCUT2D eigenvalue weighted by Crippen LogP contribution is 2.42. The first kappa shape index (κ1) is 13.2. The molecule has 1 aromatic carbocycles. The molecule has 0 saturated heterocycles. The lowest BCUT2D eigenvalue weighted by Gasteiger charge is -2.36. The molecule has 1 aromatic rings. The summed E-state index contributed by atoms with van der Waals surface area (Å²) in [7, 11) is 1.63.